The van der Waals surface area contributed by atoms with Crippen molar-refractivity contribution in [2.24, 2.45) is 4.99 Å². The first-order valence-corrected chi connectivity index (χ1v) is 9.78. The molecule has 0 aliphatic heterocycles. The van der Waals surface area contributed by atoms with E-state index in [1.165, 1.54) is 6.92 Å². The maximum absolute atomic E-state index is 11.7. The third-order valence-electron chi connectivity index (χ3n) is 4.16. The highest BCUT2D eigenvalue weighted by atomic mass is 16.5. The molecule has 0 heterocycles. The van der Waals surface area contributed by atoms with Gasteiger partial charge in [-0.05, 0) is 36.2 Å². The zero-order valence-corrected chi connectivity index (χ0v) is 17.6. The average Bonchev–Trinajstić information content (AvgIpc) is 2.74. The number of benzene rings is 2. The Bertz CT molecular complexity index is 883. The highest BCUT2D eigenvalue weighted by Gasteiger charge is 2.04. The van der Waals surface area contributed by atoms with Crippen LogP contribution in [-0.4, -0.2) is 51.6 Å². The number of guanidine groups is 1. The number of nitrogens with one attached hydrogen (secondary N) is 4. The third kappa shape index (κ3) is 7.83. The molecule has 30 heavy (non-hydrogen) atoms. The number of carbonyl (C=O) groups excluding carboxylic acids is 2. The van der Waals surface area contributed by atoms with Crippen molar-refractivity contribution in [3.05, 3.63) is 59.7 Å². The second-order valence-electron chi connectivity index (χ2n) is 6.51. The van der Waals surface area contributed by atoms with Crippen LogP contribution >= 0.6 is 0 Å². The molecule has 0 aromatic heterocycles. The van der Waals surface area contributed by atoms with E-state index >= 15 is 0 Å². The van der Waals surface area contributed by atoms with E-state index in [9.17, 15) is 9.59 Å². The summed E-state index contributed by atoms with van der Waals surface area (Å²) in [4.78, 5) is 27.0. The molecule has 0 aliphatic carbocycles. The van der Waals surface area contributed by atoms with E-state index in [0.29, 0.717) is 42.7 Å². The minimum Gasteiger partial charge on any atom is -0.492 e. The maximum Gasteiger partial charge on any atom is 0.251 e. The minimum absolute atomic E-state index is 0.0927. The van der Waals surface area contributed by atoms with E-state index in [0.717, 1.165) is 12.0 Å². The Hall–Kier alpha value is -3.55. The van der Waals surface area contributed by atoms with Crippen LogP contribution in [0.1, 0.15) is 22.8 Å². The number of carbonyl (C=O) groups is 2. The van der Waals surface area contributed by atoms with Crippen molar-refractivity contribution in [1.82, 2.24) is 16.0 Å². The number of aliphatic imine (C=N–C) groups is 1. The first-order chi connectivity index (χ1) is 14.5. The highest BCUT2D eigenvalue weighted by molar-refractivity contribution is 5.94. The van der Waals surface area contributed by atoms with E-state index in [2.05, 4.69) is 26.3 Å². The molecule has 0 aliphatic rings. The van der Waals surface area contributed by atoms with Crippen molar-refractivity contribution < 1.29 is 14.3 Å². The fourth-order valence-electron chi connectivity index (χ4n) is 2.76. The first-order valence-electron chi connectivity index (χ1n) is 9.78. The highest BCUT2D eigenvalue weighted by Crippen LogP contribution is 2.17. The van der Waals surface area contributed by atoms with Gasteiger partial charge in [-0.2, -0.15) is 0 Å². The Balaban J connectivity index is 1.71. The molecule has 0 radical (unpaired) electrons. The molecule has 2 aromatic rings. The van der Waals surface area contributed by atoms with Crippen molar-refractivity contribution in [3.8, 4) is 5.75 Å². The Morgan fingerprint density at radius 1 is 1.03 bits per heavy atom. The second-order valence-corrected chi connectivity index (χ2v) is 6.51. The van der Waals surface area contributed by atoms with Gasteiger partial charge in [-0.15, -0.1) is 0 Å². The number of rotatable bonds is 9. The molecule has 0 bridgehead atoms. The van der Waals surface area contributed by atoms with E-state index in [1.807, 2.05) is 36.4 Å². The van der Waals surface area contributed by atoms with Crippen LogP contribution in [-0.2, 0) is 11.2 Å². The summed E-state index contributed by atoms with van der Waals surface area (Å²) in [5, 5.41) is 11.8. The van der Waals surface area contributed by atoms with Gasteiger partial charge < -0.3 is 26.0 Å². The van der Waals surface area contributed by atoms with Crippen LogP contribution in [0.3, 0.4) is 0 Å². The molecule has 0 fully saturated rings. The van der Waals surface area contributed by atoms with E-state index < -0.39 is 0 Å². The molecule has 8 heteroatoms. The fraction of sp³-hybridized carbons (Fsp3) is 0.318. The third-order valence-corrected chi connectivity index (χ3v) is 4.16. The number of hydrogen-bond donors (Lipinski definition) is 4. The van der Waals surface area contributed by atoms with Gasteiger partial charge in [-0.1, -0.05) is 18.2 Å². The average molecular weight is 412 g/mol. The van der Waals surface area contributed by atoms with Gasteiger partial charge in [0, 0.05) is 44.9 Å². The van der Waals surface area contributed by atoms with Crippen molar-refractivity contribution in [1.29, 1.82) is 0 Å². The molecule has 4 N–H and O–H groups in total. The van der Waals surface area contributed by atoms with Gasteiger partial charge in [0.1, 0.15) is 12.4 Å². The zero-order chi connectivity index (χ0) is 21.8. The molecular weight excluding hydrogens is 382 g/mol. The van der Waals surface area contributed by atoms with Crippen LogP contribution in [0.2, 0.25) is 0 Å². The first kappa shape index (κ1) is 22.7. The second kappa shape index (κ2) is 12.1. The SMILES string of the molecule is CN=C(NCCOc1cccc(NC(C)=O)c1)NCCc1cccc(C(=O)NC)c1. The monoisotopic (exact) mass is 411 g/mol. The smallest absolute Gasteiger partial charge is 0.251 e. The maximum atomic E-state index is 11.7. The summed E-state index contributed by atoms with van der Waals surface area (Å²) in [6.45, 7) is 3.15. The quantitative estimate of drug-likeness (QED) is 0.286. The molecule has 2 rings (SSSR count). The fourth-order valence-corrected chi connectivity index (χ4v) is 2.76. The summed E-state index contributed by atoms with van der Waals surface area (Å²) < 4.78 is 5.71. The molecule has 0 atom stereocenters. The Kier molecular flexibility index (Phi) is 9.18. The number of nitrogens with zero attached hydrogens (tertiary/aromatic N) is 1. The number of amides is 2. The molecule has 2 aromatic carbocycles. The van der Waals surface area contributed by atoms with Crippen molar-refractivity contribution in [2.45, 2.75) is 13.3 Å². The van der Waals surface area contributed by atoms with Gasteiger partial charge in [-0.3, -0.25) is 14.6 Å². The molecule has 0 saturated carbocycles. The number of hydrogen-bond acceptors (Lipinski definition) is 4. The van der Waals surface area contributed by atoms with Gasteiger partial charge in [0.2, 0.25) is 5.91 Å². The van der Waals surface area contributed by atoms with Crippen LogP contribution in [0.5, 0.6) is 5.75 Å². The van der Waals surface area contributed by atoms with Crippen LogP contribution in [0.4, 0.5) is 5.69 Å². The van der Waals surface area contributed by atoms with Gasteiger partial charge in [0.05, 0.1) is 6.54 Å². The van der Waals surface area contributed by atoms with E-state index in [1.54, 1.807) is 26.2 Å². The molecule has 0 saturated heterocycles. The Labute approximate surface area is 177 Å². The zero-order valence-electron chi connectivity index (χ0n) is 17.6. The van der Waals surface area contributed by atoms with Gasteiger partial charge in [0.15, 0.2) is 5.96 Å². The van der Waals surface area contributed by atoms with Crippen LogP contribution in [0.25, 0.3) is 0 Å². The number of anilines is 1. The minimum atomic E-state index is -0.121. The molecule has 0 spiro atoms. The molecule has 160 valence electrons. The predicted octanol–water partition coefficient (Wildman–Crippen LogP) is 1.79. The van der Waals surface area contributed by atoms with Crippen molar-refractivity contribution in [3.63, 3.8) is 0 Å². The summed E-state index contributed by atoms with van der Waals surface area (Å²) >= 11 is 0. The topological polar surface area (TPSA) is 104 Å². The van der Waals surface area contributed by atoms with E-state index in [-0.39, 0.29) is 11.8 Å². The van der Waals surface area contributed by atoms with Crippen molar-refractivity contribution in [2.75, 3.05) is 39.1 Å². The van der Waals surface area contributed by atoms with E-state index in [4.69, 9.17) is 4.74 Å². The van der Waals surface area contributed by atoms with Crippen molar-refractivity contribution >= 4 is 23.5 Å². The Morgan fingerprint density at radius 3 is 2.53 bits per heavy atom. The number of ether oxygens (including phenoxy) is 1. The van der Waals surface area contributed by atoms with Crippen LogP contribution < -0.4 is 26.0 Å². The lowest BCUT2D eigenvalue weighted by molar-refractivity contribution is -0.114. The molecular formula is C22H29N5O3. The van der Waals surface area contributed by atoms with Gasteiger partial charge >= 0.3 is 0 Å². The van der Waals surface area contributed by atoms with Crippen LogP contribution in [0, 0.1) is 0 Å². The van der Waals surface area contributed by atoms with Gasteiger partial charge in [-0.25, -0.2) is 0 Å². The lowest BCUT2D eigenvalue weighted by Gasteiger charge is -2.13. The molecule has 8 nitrogen and oxygen atoms in total. The summed E-state index contributed by atoms with van der Waals surface area (Å²) in [7, 11) is 3.33. The van der Waals surface area contributed by atoms with Gasteiger partial charge in [0.25, 0.3) is 5.91 Å². The Morgan fingerprint density at radius 2 is 1.80 bits per heavy atom. The normalized spacial score (nSPS) is 10.8. The standard InChI is InChI=1S/C22H29N5O3/c1-16(28)27-19-8-5-9-20(15-19)30-13-12-26-22(24-3)25-11-10-17-6-4-7-18(14-17)21(29)23-2/h4-9,14-15H,10-13H2,1-3H3,(H,23,29)(H,27,28)(H2,24,25,26). The largest absolute Gasteiger partial charge is 0.492 e. The van der Waals surface area contributed by atoms with Crippen LogP contribution in [0.15, 0.2) is 53.5 Å². The summed E-state index contributed by atoms with van der Waals surface area (Å²) in [5.74, 6) is 1.14. The predicted molar refractivity (Wildman–Crippen MR) is 119 cm³/mol. The summed E-state index contributed by atoms with van der Waals surface area (Å²) in [5.41, 5.74) is 2.42. The summed E-state index contributed by atoms with van der Waals surface area (Å²) in [6, 6.07) is 14.8. The molecule has 0 unspecified atom stereocenters. The summed E-state index contributed by atoms with van der Waals surface area (Å²) in [6.07, 6.45) is 0.762. The molecule has 2 amide bonds. The lowest BCUT2D eigenvalue weighted by atomic mass is 10.1. The lowest BCUT2D eigenvalue weighted by Crippen LogP contribution is -2.40.